The van der Waals surface area contributed by atoms with Gasteiger partial charge in [0.2, 0.25) is 0 Å². The van der Waals surface area contributed by atoms with Crippen LogP contribution >= 0.6 is 0 Å². The van der Waals surface area contributed by atoms with Crippen LogP contribution in [0.5, 0.6) is 0 Å². The molecule has 2 rings (SSSR count). The monoisotopic (exact) mass is 316 g/mol. The fourth-order valence-corrected chi connectivity index (χ4v) is 2.48. The zero-order valence-electron chi connectivity index (χ0n) is 14.2. The predicted octanol–water partition coefficient (Wildman–Crippen LogP) is 4.17. The highest BCUT2D eigenvalue weighted by Gasteiger charge is 2.05. The standard InChI is InChI=1S/C20H20N4/c1-4-24(19-8-5-17(14-21)6-9-19)12-11-23(3)20-10-7-18(15-22)13-16(20)2/h5-13H,4H2,1-3H3/b12-11-. The van der Waals surface area contributed by atoms with E-state index in [1.807, 2.05) is 73.7 Å². The van der Waals surface area contributed by atoms with E-state index in [-0.39, 0.29) is 0 Å². The molecule has 0 saturated carbocycles. The molecule has 0 atom stereocenters. The quantitative estimate of drug-likeness (QED) is 0.830. The topological polar surface area (TPSA) is 54.1 Å². The molecule has 4 heteroatoms. The number of benzene rings is 2. The van der Waals surface area contributed by atoms with Gasteiger partial charge >= 0.3 is 0 Å². The van der Waals surface area contributed by atoms with E-state index in [2.05, 4.69) is 24.0 Å². The van der Waals surface area contributed by atoms with Gasteiger partial charge in [0.05, 0.1) is 23.3 Å². The van der Waals surface area contributed by atoms with Gasteiger partial charge in [-0.25, -0.2) is 0 Å². The third kappa shape index (κ3) is 3.94. The molecule has 0 N–H and O–H groups in total. The molecular formula is C20H20N4. The summed E-state index contributed by atoms with van der Waals surface area (Å²) >= 11 is 0. The van der Waals surface area contributed by atoms with Crippen molar-refractivity contribution in [1.82, 2.24) is 0 Å². The van der Waals surface area contributed by atoms with Gasteiger partial charge in [-0.3, -0.25) is 0 Å². The molecule has 0 aliphatic rings. The van der Waals surface area contributed by atoms with Gasteiger partial charge in [-0.1, -0.05) is 0 Å². The van der Waals surface area contributed by atoms with E-state index in [0.29, 0.717) is 11.1 Å². The lowest BCUT2D eigenvalue weighted by atomic mass is 10.1. The van der Waals surface area contributed by atoms with Crippen LogP contribution in [0, 0.1) is 29.6 Å². The minimum atomic E-state index is 0.657. The van der Waals surface area contributed by atoms with E-state index in [1.54, 1.807) is 0 Å². The van der Waals surface area contributed by atoms with Crippen LogP contribution < -0.4 is 9.80 Å². The largest absolute Gasteiger partial charge is 0.349 e. The van der Waals surface area contributed by atoms with Gasteiger partial charge < -0.3 is 9.80 Å². The van der Waals surface area contributed by atoms with Crippen molar-refractivity contribution in [2.45, 2.75) is 13.8 Å². The minimum absolute atomic E-state index is 0.657. The van der Waals surface area contributed by atoms with Crippen LogP contribution in [0.2, 0.25) is 0 Å². The maximum atomic E-state index is 8.96. The zero-order chi connectivity index (χ0) is 17.5. The molecule has 0 unspecified atom stereocenters. The average molecular weight is 316 g/mol. The summed E-state index contributed by atoms with van der Waals surface area (Å²) in [6.45, 7) is 4.90. The highest BCUT2D eigenvalue weighted by atomic mass is 15.1. The van der Waals surface area contributed by atoms with E-state index >= 15 is 0 Å². The third-order valence-electron chi connectivity index (χ3n) is 3.84. The first kappa shape index (κ1) is 17.1. The number of hydrogen-bond acceptors (Lipinski definition) is 4. The maximum absolute atomic E-state index is 8.96. The molecule has 0 aromatic heterocycles. The number of nitrogens with zero attached hydrogens (tertiary/aromatic N) is 4. The van der Waals surface area contributed by atoms with E-state index in [0.717, 1.165) is 23.5 Å². The smallest absolute Gasteiger partial charge is 0.0991 e. The molecule has 0 fully saturated rings. The van der Waals surface area contributed by atoms with Crippen LogP contribution in [0.25, 0.3) is 0 Å². The molecule has 2 aromatic carbocycles. The molecule has 0 aliphatic heterocycles. The predicted molar refractivity (Wildman–Crippen MR) is 97.6 cm³/mol. The second kappa shape index (κ2) is 7.85. The average Bonchev–Trinajstić information content (AvgIpc) is 2.62. The summed E-state index contributed by atoms with van der Waals surface area (Å²) in [4.78, 5) is 4.14. The molecule has 0 spiro atoms. The van der Waals surface area contributed by atoms with E-state index in [4.69, 9.17) is 10.5 Å². The van der Waals surface area contributed by atoms with Gasteiger partial charge in [0, 0.05) is 37.4 Å². The third-order valence-corrected chi connectivity index (χ3v) is 3.84. The summed E-state index contributed by atoms with van der Waals surface area (Å²) in [5.41, 5.74) is 4.48. The van der Waals surface area contributed by atoms with Crippen molar-refractivity contribution in [2.75, 3.05) is 23.4 Å². The molecule has 0 bridgehead atoms. The Balaban J connectivity index is 2.17. The molecule has 120 valence electrons. The first-order valence-electron chi connectivity index (χ1n) is 7.77. The summed E-state index contributed by atoms with van der Waals surface area (Å²) in [7, 11) is 1.98. The molecule has 0 radical (unpaired) electrons. The van der Waals surface area contributed by atoms with Gasteiger partial charge in [-0.05, 0) is 61.9 Å². The highest BCUT2D eigenvalue weighted by molar-refractivity contribution is 5.58. The fourth-order valence-electron chi connectivity index (χ4n) is 2.48. The summed E-state index contributed by atoms with van der Waals surface area (Å²) in [6.07, 6.45) is 4.01. The van der Waals surface area contributed by atoms with Crippen molar-refractivity contribution in [3.63, 3.8) is 0 Å². The Morgan fingerprint density at radius 3 is 2.12 bits per heavy atom. The van der Waals surface area contributed by atoms with Crippen molar-refractivity contribution in [1.29, 1.82) is 10.5 Å². The normalized spacial score (nSPS) is 10.2. The van der Waals surface area contributed by atoms with E-state index in [9.17, 15) is 0 Å². The Hall–Kier alpha value is -3.24. The molecular weight excluding hydrogens is 296 g/mol. The summed E-state index contributed by atoms with van der Waals surface area (Å²) in [5.74, 6) is 0. The van der Waals surface area contributed by atoms with Crippen molar-refractivity contribution >= 4 is 11.4 Å². The van der Waals surface area contributed by atoms with Crippen molar-refractivity contribution < 1.29 is 0 Å². The zero-order valence-corrected chi connectivity index (χ0v) is 14.2. The van der Waals surface area contributed by atoms with E-state index < -0.39 is 0 Å². The van der Waals surface area contributed by atoms with Gasteiger partial charge in [0.25, 0.3) is 0 Å². The Morgan fingerprint density at radius 2 is 1.58 bits per heavy atom. The van der Waals surface area contributed by atoms with Gasteiger partial charge in [0.1, 0.15) is 0 Å². The lowest BCUT2D eigenvalue weighted by Crippen LogP contribution is -2.18. The maximum Gasteiger partial charge on any atom is 0.0991 e. The Morgan fingerprint density at radius 1 is 0.958 bits per heavy atom. The number of hydrogen-bond donors (Lipinski definition) is 0. The summed E-state index contributed by atoms with van der Waals surface area (Å²) in [5, 5.41) is 17.8. The lowest BCUT2D eigenvalue weighted by molar-refractivity contribution is 1.00. The fraction of sp³-hybridized carbons (Fsp3) is 0.200. The van der Waals surface area contributed by atoms with Crippen LogP contribution in [-0.2, 0) is 0 Å². The number of aryl methyl sites for hydroxylation is 1. The Bertz CT molecular complexity index is 807. The second-order valence-electron chi connectivity index (χ2n) is 5.47. The number of anilines is 2. The first-order valence-corrected chi connectivity index (χ1v) is 7.77. The first-order chi connectivity index (χ1) is 11.6. The molecule has 0 amide bonds. The second-order valence-corrected chi connectivity index (χ2v) is 5.47. The van der Waals surface area contributed by atoms with Gasteiger partial charge in [0.15, 0.2) is 0 Å². The van der Waals surface area contributed by atoms with Crippen molar-refractivity contribution in [3.8, 4) is 12.1 Å². The Kier molecular flexibility index (Phi) is 5.60. The van der Waals surface area contributed by atoms with Crippen LogP contribution in [0.1, 0.15) is 23.6 Å². The molecule has 2 aromatic rings. The minimum Gasteiger partial charge on any atom is -0.349 e. The van der Waals surface area contributed by atoms with Crippen molar-refractivity contribution in [3.05, 3.63) is 71.6 Å². The molecule has 4 nitrogen and oxygen atoms in total. The number of rotatable bonds is 5. The van der Waals surface area contributed by atoms with Crippen molar-refractivity contribution in [2.24, 2.45) is 0 Å². The Labute approximate surface area is 143 Å². The lowest BCUT2D eigenvalue weighted by Gasteiger charge is -2.22. The van der Waals surface area contributed by atoms with E-state index in [1.165, 1.54) is 0 Å². The van der Waals surface area contributed by atoms with Crippen LogP contribution in [0.4, 0.5) is 11.4 Å². The summed E-state index contributed by atoms with van der Waals surface area (Å²) in [6, 6.07) is 17.5. The number of nitriles is 2. The molecule has 0 aliphatic carbocycles. The highest BCUT2D eigenvalue weighted by Crippen LogP contribution is 2.21. The molecule has 0 saturated heterocycles. The SMILES string of the molecule is CCN(/C=C\N(C)c1ccc(C#N)cc1C)c1ccc(C#N)cc1. The molecule has 24 heavy (non-hydrogen) atoms. The van der Waals surface area contributed by atoms with Gasteiger partial charge in [-0.15, -0.1) is 0 Å². The van der Waals surface area contributed by atoms with Crippen LogP contribution in [0.15, 0.2) is 54.9 Å². The molecule has 0 heterocycles. The van der Waals surface area contributed by atoms with Crippen LogP contribution in [0.3, 0.4) is 0 Å². The summed E-state index contributed by atoms with van der Waals surface area (Å²) < 4.78 is 0. The van der Waals surface area contributed by atoms with Gasteiger partial charge in [-0.2, -0.15) is 10.5 Å². The van der Waals surface area contributed by atoms with Crippen LogP contribution in [-0.4, -0.2) is 13.6 Å².